The zero-order valence-corrected chi connectivity index (χ0v) is 7.41. The molecule has 1 heteroatoms. The van der Waals surface area contributed by atoms with Gasteiger partial charge in [-0.05, 0) is 0 Å². The minimum absolute atomic E-state index is 0.931. The molecule has 0 heterocycles. The molecule has 0 nitrogen and oxygen atoms in total. The third-order valence-electron chi connectivity index (χ3n) is 0.744. The summed E-state index contributed by atoms with van der Waals surface area (Å²) in [5, 5.41) is 0. The van der Waals surface area contributed by atoms with Crippen molar-refractivity contribution >= 4 is 0 Å². The normalized spacial score (nSPS) is 9.67. The summed E-state index contributed by atoms with van der Waals surface area (Å²) in [5.74, 6) is 0.931. The fraction of sp³-hybridized carbons (Fsp3) is 1.00. The van der Waals surface area contributed by atoms with Gasteiger partial charge >= 0.3 is 60.4 Å². The quantitative estimate of drug-likeness (QED) is 0.579. The van der Waals surface area contributed by atoms with E-state index in [9.17, 15) is 0 Å². The molecule has 0 aliphatic rings. The van der Waals surface area contributed by atoms with Crippen molar-refractivity contribution in [3.63, 3.8) is 0 Å². The Bertz CT molecular complexity index is 25.1. The summed E-state index contributed by atoms with van der Waals surface area (Å²) in [6.45, 7) is 4.55. The molecule has 6 heavy (non-hydrogen) atoms. The first-order chi connectivity index (χ1) is 2.77. The topological polar surface area (TPSA) is 0 Å². The van der Waals surface area contributed by atoms with Crippen molar-refractivity contribution in [3.8, 4) is 0 Å². The van der Waals surface area contributed by atoms with Gasteiger partial charge in [0, 0.05) is 0 Å². The molecule has 0 rings (SSSR count). The Morgan fingerprint density at radius 1 is 1.50 bits per heavy atom. The first-order valence-corrected chi connectivity index (χ1v) is 4.48. The summed E-state index contributed by atoms with van der Waals surface area (Å²) in [6, 6.07) is 0. The first-order valence-electron chi connectivity index (χ1n) is 2.47. The van der Waals surface area contributed by atoms with Crippen LogP contribution >= 0.6 is 0 Å². The van der Waals surface area contributed by atoms with Gasteiger partial charge in [-0.3, -0.25) is 0 Å². The molecule has 0 aromatic heterocycles. The summed E-state index contributed by atoms with van der Waals surface area (Å²) in [5.41, 5.74) is 0. The third-order valence-corrected chi connectivity index (χ3v) is 1.56. The Morgan fingerprint density at radius 3 is 2.00 bits per heavy atom. The van der Waals surface area contributed by atoms with Crippen molar-refractivity contribution in [3.05, 3.63) is 0 Å². The number of hydrogen-bond acceptors (Lipinski definition) is 0. The molecule has 0 N–H and O–H groups in total. The van der Waals surface area contributed by atoms with Gasteiger partial charge in [0.05, 0.1) is 0 Å². The standard InChI is InChI=1S/C5H11.Y/c1-4-5(2)3;/h5H,1,4H2,2-3H3;. The zero-order chi connectivity index (χ0) is 4.99. The molecule has 0 saturated carbocycles. The van der Waals surface area contributed by atoms with Crippen LogP contribution in [0.4, 0.5) is 0 Å². The van der Waals surface area contributed by atoms with E-state index in [0.717, 1.165) is 5.92 Å². The summed E-state index contributed by atoms with van der Waals surface area (Å²) >= 11 is 1.44. The molecule has 0 saturated heterocycles. The molecule has 0 radical (unpaired) electrons. The van der Waals surface area contributed by atoms with Crippen LogP contribution in [0, 0.1) is 5.92 Å². The average molecular weight is 160 g/mol. The van der Waals surface area contributed by atoms with Crippen LogP contribution in [0.15, 0.2) is 0 Å². The summed E-state index contributed by atoms with van der Waals surface area (Å²) in [7, 11) is 0. The monoisotopic (exact) mass is 160 g/mol. The second-order valence-electron chi connectivity index (χ2n) is 1.97. The Hall–Kier alpha value is 1.10. The van der Waals surface area contributed by atoms with Gasteiger partial charge in [-0.2, -0.15) is 0 Å². The fourth-order valence-electron chi connectivity index (χ4n) is 0.333. The Kier molecular flexibility index (Phi) is 5.05. The molecule has 0 fully saturated rings. The Labute approximate surface area is 60.1 Å². The molecule has 0 aliphatic carbocycles. The van der Waals surface area contributed by atoms with E-state index >= 15 is 0 Å². The van der Waals surface area contributed by atoms with Gasteiger partial charge < -0.3 is 0 Å². The summed E-state index contributed by atoms with van der Waals surface area (Å²) in [6.07, 6.45) is 1.43. The van der Waals surface area contributed by atoms with Crippen LogP contribution in [0.2, 0.25) is 3.23 Å². The van der Waals surface area contributed by atoms with Crippen LogP contribution < -0.4 is 0 Å². The van der Waals surface area contributed by atoms with Gasteiger partial charge in [0.2, 0.25) is 0 Å². The van der Waals surface area contributed by atoms with Gasteiger partial charge in [-0.15, -0.1) is 0 Å². The molecule has 0 amide bonds. The van der Waals surface area contributed by atoms with Crippen molar-refractivity contribution in [1.29, 1.82) is 0 Å². The van der Waals surface area contributed by atoms with E-state index < -0.39 is 0 Å². The maximum absolute atomic E-state index is 2.27. The van der Waals surface area contributed by atoms with E-state index in [0.29, 0.717) is 0 Å². The zero-order valence-electron chi connectivity index (χ0n) is 4.57. The third kappa shape index (κ3) is 5.10. The van der Waals surface area contributed by atoms with Crippen molar-refractivity contribution < 1.29 is 31.0 Å². The predicted octanol–water partition coefficient (Wildman–Crippen LogP) is 2.00. The van der Waals surface area contributed by atoms with Crippen molar-refractivity contribution in [2.45, 2.75) is 23.5 Å². The van der Waals surface area contributed by atoms with E-state index in [1.54, 1.807) is 0 Å². The second-order valence-corrected chi connectivity index (χ2v) is 3.39. The van der Waals surface area contributed by atoms with Crippen LogP contribution in [0.1, 0.15) is 20.3 Å². The van der Waals surface area contributed by atoms with Gasteiger partial charge in [-0.1, -0.05) is 0 Å². The van der Waals surface area contributed by atoms with E-state index in [1.165, 1.54) is 40.6 Å². The molecule has 0 unspecified atom stereocenters. The van der Waals surface area contributed by atoms with Crippen LogP contribution in [0.5, 0.6) is 0 Å². The van der Waals surface area contributed by atoms with E-state index in [2.05, 4.69) is 13.8 Å². The molecule has 0 atom stereocenters. The van der Waals surface area contributed by atoms with Gasteiger partial charge in [-0.25, -0.2) is 0 Å². The van der Waals surface area contributed by atoms with Crippen LogP contribution in [0.3, 0.4) is 0 Å². The molecule has 0 aromatic rings. The van der Waals surface area contributed by atoms with E-state index in [1.807, 2.05) is 0 Å². The fourth-order valence-corrected chi connectivity index (χ4v) is 1.97. The molecule has 0 bridgehead atoms. The maximum atomic E-state index is 2.27. The van der Waals surface area contributed by atoms with Crippen LogP contribution in [-0.4, -0.2) is 0 Å². The van der Waals surface area contributed by atoms with Crippen LogP contribution in [0.25, 0.3) is 0 Å². The predicted molar refractivity (Wildman–Crippen MR) is 24.3 cm³/mol. The van der Waals surface area contributed by atoms with E-state index in [-0.39, 0.29) is 0 Å². The molecule has 34 valence electrons. The Morgan fingerprint density at radius 2 is 2.00 bits per heavy atom. The van der Waals surface area contributed by atoms with Crippen LogP contribution in [-0.2, 0) is 31.0 Å². The molecular weight excluding hydrogens is 149 g/mol. The Balaban J connectivity index is 2.63. The van der Waals surface area contributed by atoms with Crippen molar-refractivity contribution in [1.82, 2.24) is 0 Å². The SMILES string of the molecule is CC(C)C[CH2][Y]. The van der Waals surface area contributed by atoms with Gasteiger partial charge in [0.15, 0.2) is 0 Å². The second kappa shape index (κ2) is 4.27. The van der Waals surface area contributed by atoms with Gasteiger partial charge in [0.25, 0.3) is 0 Å². The van der Waals surface area contributed by atoms with Crippen molar-refractivity contribution in [2.75, 3.05) is 0 Å². The number of hydrogen-bond donors (Lipinski definition) is 0. The molecular formula is C5H11Y. The van der Waals surface area contributed by atoms with Gasteiger partial charge in [0.1, 0.15) is 0 Å². The van der Waals surface area contributed by atoms with Crippen molar-refractivity contribution in [2.24, 2.45) is 5.92 Å². The molecule has 0 aliphatic heterocycles. The summed E-state index contributed by atoms with van der Waals surface area (Å²) < 4.78 is 1.46. The molecule has 0 spiro atoms. The summed E-state index contributed by atoms with van der Waals surface area (Å²) in [4.78, 5) is 0. The van der Waals surface area contributed by atoms with E-state index in [4.69, 9.17) is 0 Å². The molecule has 0 aromatic carbocycles. The average Bonchev–Trinajstić information content (AvgIpc) is 1.35. The first kappa shape index (κ1) is 7.10. The minimum atomic E-state index is 0.931. The number of rotatable bonds is 2.